The molecule has 0 aromatic rings. The van der Waals surface area contributed by atoms with Gasteiger partial charge in [-0.3, -0.25) is 10.1 Å². The minimum atomic E-state index is -2.15. The second kappa shape index (κ2) is 3.27. The Morgan fingerprint density at radius 1 is 1.38 bits per heavy atom. The molecule has 0 aliphatic carbocycles. The minimum absolute atomic E-state index is 0.843. The van der Waals surface area contributed by atoms with E-state index in [2.05, 4.69) is 0 Å². The molecule has 0 radical (unpaired) electrons. The van der Waals surface area contributed by atoms with Crippen LogP contribution in [0.5, 0.6) is 0 Å². The molecule has 7 heteroatoms. The predicted molar refractivity (Wildman–Crippen MR) is 38.5 cm³/mol. The molecule has 13 heavy (non-hydrogen) atoms. The highest BCUT2D eigenvalue weighted by molar-refractivity contribution is 6.00. The standard InChI is InChI=1S/C6H9FN2O4/c7-3-4(12)8-5(13)9-6(3,1-10)2-11/h3,10-11H,1-2H2,(H2,8,9,12,13). The van der Waals surface area contributed by atoms with Crippen molar-refractivity contribution in [2.45, 2.75) is 11.7 Å². The second-order valence-corrected chi connectivity index (χ2v) is 2.78. The first-order valence-corrected chi connectivity index (χ1v) is 3.54. The Bertz CT molecular complexity index is 241. The van der Waals surface area contributed by atoms with E-state index in [4.69, 9.17) is 10.2 Å². The molecule has 0 aromatic carbocycles. The summed E-state index contributed by atoms with van der Waals surface area (Å²) in [6.45, 7) is -1.69. The lowest BCUT2D eigenvalue weighted by Gasteiger charge is -2.36. The van der Waals surface area contributed by atoms with Gasteiger partial charge in [0.15, 0.2) is 0 Å². The number of alkyl halides is 1. The van der Waals surface area contributed by atoms with Crippen LogP contribution in [-0.4, -0.2) is 47.1 Å². The van der Waals surface area contributed by atoms with Crippen molar-refractivity contribution in [2.75, 3.05) is 13.2 Å². The van der Waals surface area contributed by atoms with Gasteiger partial charge in [0.25, 0.3) is 5.91 Å². The van der Waals surface area contributed by atoms with Gasteiger partial charge in [-0.25, -0.2) is 9.18 Å². The Balaban J connectivity index is 2.92. The number of urea groups is 1. The van der Waals surface area contributed by atoms with Gasteiger partial charge in [0, 0.05) is 0 Å². The molecule has 0 aromatic heterocycles. The molecule has 1 unspecified atom stereocenters. The van der Waals surface area contributed by atoms with Crippen LogP contribution in [0.25, 0.3) is 0 Å². The van der Waals surface area contributed by atoms with Crippen molar-refractivity contribution in [3.63, 3.8) is 0 Å². The van der Waals surface area contributed by atoms with Gasteiger partial charge in [-0.2, -0.15) is 0 Å². The molecule has 74 valence electrons. The van der Waals surface area contributed by atoms with Crippen molar-refractivity contribution in [2.24, 2.45) is 0 Å². The summed E-state index contributed by atoms with van der Waals surface area (Å²) < 4.78 is 13.1. The average Bonchev–Trinajstić information content (AvgIpc) is 2.11. The Morgan fingerprint density at radius 3 is 2.38 bits per heavy atom. The summed E-state index contributed by atoms with van der Waals surface area (Å²) in [5.41, 5.74) is -1.90. The number of imide groups is 1. The number of hydrogen-bond donors (Lipinski definition) is 4. The number of rotatable bonds is 2. The third kappa shape index (κ3) is 1.47. The quantitative estimate of drug-likeness (QED) is 0.402. The molecule has 1 fully saturated rings. The molecular weight excluding hydrogens is 183 g/mol. The molecule has 4 N–H and O–H groups in total. The number of aliphatic hydroxyl groups excluding tert-OH is 2. The van der Waals surface area contributed by atoms with Gasteiger partial charge in [-0.15, -0.1) is 0 Å². The van der Waals surface area contributed by atoms with Gasteiger partial charge in [0.1, 0.15) is 5.54 Å². The van der Waals surface area contributed by atoms with Crippen LogP contribution in [0.3, 0.4) is 0 Å². The highest BCUT2D eigenvalue weighted by Crippen LogP contribution is 2.16. The molecule has 1 aliphatic heterocycles. The fraction of sp³-hybridized carbons (Fsp3) is 0.667. The molecule has 1 atom stereocenters. The van der Waals surface area contributed by atoms with Gasteiger partial charge >= 0.3 is 6.03 Å². The van der Waals surface area contributed by atoms with Crippen molar-refractivity contribution in [1.29, 1.82) is 0 Å². The average molecular weight is 192 g/mol. The number of amides is 3. The second-order valence-electron chi connectivity index (χ2n) is 2.78. The summed E-state index contributed by atoms with van der Waals surface area (Å²) in [6.07, 6.45) is -2.15. The molecule has 6 nitrogen and oxygen atoms in total. The van der Waals surface area contributed by atoms with E-state index in [1.54, 1.807) is 5.32 Å². The highest BCUT2D eigenvalue weighted by Gasteiger charge is 2.48. The SMILES string of the molecule is O=C1NC(=O)C(F)C(CO)(CO)N1. The third-order valence-electron chi connectivity index (χ3n) is 1.88. The Kier molecular flexibility index (Phi) is 2.48. The van der Waals surface area contributed by atoms with Gasteiger partial charge in [0.2, 0.25) is 6.17 Å². The fourth-order valence-corrected chi connectivity index (χ4v) is 1.04. The molecule has 1 heterocycles. The molecule has 0 spiro atoms. The van der Waals surface area contributed by atoms with Gasteiger partial charge in [-0.1, -0.05) is 0 Å². The Labute approximate surface area is 72.7 Å². The van der Waals surface area contributed by atoms with Crippen LogP contribution in [0.4, 0.5) is 9.18 Å². The zero-order valence-corrected chi connectivity index (χ0v) is 6.58. The molecule has 0 saturated carbocycles. The Hall–Kier alpha value is -1.21. The summed E-state index contributed by atoms with van der Waals surface area (Å²) in [5, 5.41) is 21.1. The number of nitrogens with one attached hydrogen (secondary N) is 2. The molecule has 1 aliphatic rings. The predicted octanol–water partition coefficient (Wildman–Crippen LogP) is -2.11. The zero-order chi connectivity index (χ0) is 10.1. The van der Waals surface area contributed by atoms with Crippen LogP contribution in [-0.2, 0) is 4.79 Å². The van der Waals surface area contributed by atoms with Crippen molar-refractivity contribution in [3.05, 3.63) is 0 Å². The van der Waals surface area contributed by atoms with Gasteiger partial charge in [0.05, 0.1) is 13.2 Å². The number of carbonyl (C=O) groups is 2. The maximum atomic E-state index is 13.1. The first-order chi connectivity index (χ1) is 6.05. The number of halogens is 1. The first-order valence-electron chi connectivity index (χ1n) is 3.54. The summed E-state index contributed by atoms with van der Waals surface area (Å²) in [6, 6.07) is -0.929. The van der Waals surface area contributed by atoms with Crippen molar-refractivity contribution >= 4 is 11.9 Å². The van der Waals surface area contributed by atoms with Gasteiger partial charge in [-0.05, 0) is 0 Å². The first kappa shape index (κ1) is 9.87. The number of aliphatic hydroxyl groups is 2. The van der Waals surface area contributed by atoms with Crippen LogP contribution in [0.2, 0.25) is 0 Å². The maximum absolute atomic E-state index is 13.1. The van der Waals surface area contributed by atoms with Crippen molar-refractivity contribution in [3.8, 4) is 0 Å². The largest absolute Gasteiger partial charge is 0.394 e. The third-order valence-corrected chi connectivity index (χ3v) is 1.88. The monoisotopic (exact) mass is 192 g/mol. The van der Waals surface area contributed by atoms with E-state index >= 15 is 0 Å². The molecule has 1 saturated heterocycles. The van der Waals surface area contributed by atoms with Gasteiger partial charge < -0.3 is 15.5 Å². The summed E-state index contributed by atoms with van der Waals surface area (Å²) in [4.78, 5) is 21.5. The molecular formula is C6H9FN2O4. The smallest absolute Gasteiger partial charge is 0.322 e. The normalized spacial score (nSPS) is 26.5. The zero-order valence-electron chi connectivity index (χ0n) is 6.58. The summed E-state index contributed by atoms with van der Waals surface area (Å²) >= 11 is 0. The summed E-state index contributed by atoms with van der Waals surface area (Å²) in [7, 11) is 0. The lowest BCUT2D eigenvalue weighted by molar-refractivity contribution is -0.132. The minimum Gasteiger partial charge on any atom is -0.394 e. The van der Waals surface area contributed by atoms with Crippen molar-refractivity contribution in [1.82, 2.24) is 10.6 Å². The van der Waals surface area contributed by atoms with Crippen LogP contribution >= 0.6 is 0 Å². The lowest BCUT2D eigenvalue weighted by atomic mass is 9.93. The molecule has 1 rings (SSSR count). The summed E-state index contributed by atoms with van der Waals surface area (Å²) in [5.74, 6) is -1.16. The van der Waals surface area contributed by atoms with E-state index in [0.29, 0.717) is 0 Å². The van der Waals surface area contributed by atoms with Crippen molar-refractivity contribution < 1.29 is 24.2 Å². The lowest BCUT2D eigenvalue weighted by Crippen LogP contribution is -2.71. The molecule has 0 bridgehead atoms. The number of carbonyl (C=O) groups excluding carboxylic acids is 2. The highest BCUT2D eigenvalue weighted by atomic mass is 19.1. The van der Waals surface area contributed by atoms with E-state index in [1.807, 2.05) is 5.32 Å². The van der Waals surface area contributed by atoms with E-state index < -0.39 is 36.9 Å². The van der Waals surface area contributed by atoms with E-state index in [1.165, 1.54) is 0 Å². The Morgan fingerprint density at radius 2 is 1.92 bits per heavy atom. The van der Waals surface area contributed by atoms with Crippen LogP contribution < -0.4 is 10.6 Å². The van der Waals surface area contributed by atoms with E-state index in [-0.39, 0.29) is 0 Å². The van der Waals surface area contributed by atoms with E-state index in [9.17, 15) is 14.0 Å². The number of hydrogen-bond acceptors (Lipinski definition) is 4. The van der Waals surface area contributed by atoms with Crippen LogP contribution in [0, 0.1) is 0 Å². The van der Waals surface area contributed by atoms with Crippen LogP contribution in [0.15, 0.2) is 0 Å². The maximum Gasteiger partial charge on any atom is 0.322 e. The van der Waals surface area contributed by atoms with E-state index in [0.717, 1.165) is 0 Å². The molecule has 3 amide bonds. The van der Waals surface area contributed by atoms with Crippen LogP contribution in [0.1, 0.15) is 0 Å². The fourth-order valence-electron chi connectivity index (χ4n) is 1.04. The topological polar surface area (TPSA) is 98.7 Å².